The predicted octanol–water partition coefficient (Wildman–Crippen LogP) is 3.80. The molecule has 1 fully saturated rings. The molecule has 0 saturated carbocycles. The molecule has 0 bridgehead atoms. The molecule has 0 amide bonds. The van der Waals surface area contributed by atoms with Crippen LogP contribution in [0.2, 0.25) is 0 Å². The van der Waals surface area contributed by atoms with Crippen LogP contribution in [0.5, 0.6) is 0 Å². The standard InChI is InChI=1S/C16H32O3/c1-11-16(8,9)13(19-15(5,6)7)12(18-11)10-17-14(2,3)4/h11-13H,10H2,1-9H3/t11-,12-,13+/m0/s1. The average Bonchev–Trinajstić information content (AvgIpc) is 2.36. The van der Waals surface area contributed by atoms with Gasteiger partial charge in [0, 0.05) is 5.41 Å². The molecule has 1 aliphatic rings. The van der Waals surface area contributed by atoms with Crippen molar-refractivity contribution in [3.05, 3.63) is 0 Å². The van der Waals surface area contributed by atoms with E-state index in [-0.39, 0.29) is 34.9 Å². The summed E-state index contributed by atoms with van der Waals surface area (Å²) in [6, 6.07) is 0. The number of rotatable bonds is 3. The van der Waals surface area contributed by atoms with Crippen LogP contribution in [-0.2, 0) is 14.2 Å². The highest BCUT2D eigenvalue weighted by molar-refractivity contribution is 4.97. The Morgan fingerprint density at radius 3 is 1.95 bits per heavy atom. The quantitative estimate of drug-likeness (QED) is 0.782. The summed E-state index contributed by atoms with van der Waals surface area (Å²) in [4.78, 5) is 0. The first-order valence-electron chi connectivity index (χ1n) is 7.30. The maximum Gasteiger partial charge on any atom is 0.108 e. The number of hydrogen-bond donors (Lipinski definition) is 0. The van der Waals surface area contributed by atoms with Crippen LogP contribution in [-0.4, -0.2) is 36.1 Å². The maximum atomic E-state index is 6.26. The molecule has 0 aromatic rings. The van der Waals surface area contributed by atoms with Gasteiger partial charge in [-0.3, -0.25) is 0 Å². The van der Waals surface area contributed by atoms with E-state index in [1.54, 1.807) is 0 Å². The molecule has 1 rings (SSSR count). The summed E-state index contributed by atoms with van der Waals surface area (Å²) < 4.78 is 18.2. The molecule has 1 aliphatic heterocycles. The molecular weight excluding hydrogens is 240 g/mol. The van der Waals surface area contributed by atoms with Gasteiger partial charge in [0.1, 0.15) is 6.10 Å². The van der Waals surface area contributed by atoms with Crippen LogP contribution in [0.4, 0.5) is 0 Å². The molecule has 19 heavy (non-hydrogen) atoms. The molecule has 1 saturated heterocycles. The van der Waals surface area contributed by atoms with Gasteiger partial charge in [-0.2, -0.15) is 0 Å². The second kappa shape index (κ2) is 5.34. The van der Waals surface area contributed by atoms with Crippen molar-refractivity contribution in [2.24, 2.45) is 5.41 Å². The first kappa shape index (κ1) is 16.9. The number of hydrogen-bond acceptors (Lipinski definition) is 3. The monoisotopic (exact) mass is 272 g/mol. The summed E-state index contributed by atoms with van der Waals surface area (Å²) in [7, 11) is 0. The Morgan fingerprint density at radius 2 is 1.53 bits per heavy atom. The van der Waals surface area contributed by atoms with E-state index in [1.807, 2.05) is 0 Å². The van der Waals surface area contributed by atoms with E-state index in [0.29, 0.717) is 6.61 Å². The second-order valence-corrected chi connectivity index (χ2v) is 8.21. The highest BCUT2D eigenvalue weighted by Gasteiger charge is 2.50. The van der Waals surface area contributed by atoms with E-state index in [4.69, 9.17) is 14.2 Å². The first-order chi connectivity index (χ1) is 8.33. The molecule has 0 spiro atoms. The van der Waals surface area contributed by atoms with Gasteiger partial charge >= 0.3 is 0 Å². The van der Waals surface area contributed by atoms with Gasteiger partial charge in [0.15, 0.2) is 0 Å². The third-order valence-electron chi connectivity index (χ3n) is 3.66. The molecule has 0 N–H and O–H groups in total. The fraction of sp³-hybridized carbons (Fsp3) is 1.00. The normalized spacial score (nSPS) is 31.7. The Morgan fingerprint density at radius 1 is 1.00 bits per heavy atom. The van der Waals surface area contributed by atoms with Crippen LogP contribution in [0.25, 0.3) is 0 Å². The minimum absolute atomic E-state index is 0.000803. The Hall–Kier alpha value is -0.120. The Kier molecular flexibility index (Phi) is 4.76. The lowest BCUT2D eigenvalue weighted by molar-refractivity contribution is -0.137. The second-order valence-electron chi connectivity index (χ2n) is 8.21. The zero-order valence-corrected chi connectivity index (χ0v) is 14.2. The highest BCUT2D eigenvalue weighted by Crippen LogP contribution is 2.42. The predicted molar refractivity (Wildman–Crippen MR) is 78.4 cm³/mol. The molecular formula is C16H32O3. The molecule has 3 nitrogen and oxygen atoms in total. The van der Waals surface area contributed by atoms with E-state index in [9.17, 15) is 0 Å². The van der Waals surface area contributed by atoms with Crippen molar-refractivity contribution < 1.29 is 14.2 Å². The van der Waals surface area contributed by atoms with E-state index >= 15 is 0 Å². The number of ether oxygens (including phenoxy) is 3. The van der Waals surface area contributed by atoms with Gasteiger partial charge in [0.25, 0.3) is 0 Å². The zero-order chi connectivity index (χ0) is 15.1. The molecule has 3 heteroatoms. The average molecular weight is 272 g/mol. The van der Waals surface area contributed by atoms with Crippen molar-refractivity contribution in [1.82, 2.24) is 0 Å². The van der Waals surface area contributed by atoms with Crippen molar-refractivity contribution in [2.45, 2.75) is 91.8 Å². The molecule has 114 valence electrons. The molecule has 0 unspecified atom stereocenters. The molecule has 0 radical (unpaired) electrons. The van der Waals surface area contributed by atoms with Crippen molar-refractivity contribution >= 4 is 0 Å². The summed E-state index contributed by atoms with van der Waals surface area (Å²) in [5.74, 6) is 0. The largest absolute Gasteiger partial charge is 0.373 e. The van der Waals surface area contributed by atoms with Gasteiger partial charge in [-0.1, -0.05) is 13.8 Å². The van der Waals surface area contributed by atoms with Crippen molar-refractivity contribution in [3.8, 4) is 0 Å². The zero-order valence-electron chi connectivity index (χ0n) is 14.2. The van der Waals surface area contributed by atoms with E-state index in [1.165, 1.54) is 0 Å². The van der Waals surface area contributed by atoms with Crippen LogP contribution >= 0.6 is 0 Å². The minimum Gasteiger partial charge on any atom is -0.373 e. The first-order valence-corrected chi connectivity index (χ1v) is 7.30. The van der Waals surface area contributed by atoms with Crippen molar-refractivity contribution in [2.75, 3.05) is 6.61 Å². The fourth-order valence-electron chi connectivity index (χ4n) is 2.29. The topological polar surface area (TPSA) is 27.7 Å². The third-order valence-corrected chi connectivity index (χ3v) is 3.66. The molecule has 1 heterocycles. The van der Waals surface area contributed by atoms with Gasteiger partial charge in [0.05, 0.1) is 30.0 Å². The highest BCUT2D eigenvalue weighted by atomic mass is 16.6. The summed E-state index contributed by atoms with van der Waals surface area (Å²) in [6.45, 7) is 19.6. The summed E-state index contributed by atoms with van der Waals surface area (Å²) in [5, 5.41) is 0. The van der Waals surface area contributed by atoms with Crippen molar-refractivity contribution in [1.29, 1.82) is 0 Å². The van der Waals surface area contributed by atoms with Gasteiger partial charge < -0.3 is 14.2 Å². The van der Waals surface area contributed by atoms with Crippen LogP contribution in [0.3, 0.4) is 0 Å². The van der Waals surface area contributed by atoms with E-state index in [2.05, 4.69) is 62.3 Å². The molecule has 3 atom stereocenters. The van der Waals surface area contributed by atoms with Gasteiger partial charge in [-0.05, 0) is 48.5 Å². The SMILES string of the molecule is C[C@@H]1O[C@@H](COC(C)(C)C)[C@@H](OC(C)(C)C)C1(C)C. The summed E-state index contributed by atoms with van der Waals surface area (Å²) in [5.41, 5.74) is -0.319. The van der Waals surface area contributed by atoms with Crippen LogP contribution in [0, 0.1) is 5.41 Å². The molecule has 0 aromatic heterocycles. The summed E-state index contributed by atoms with van der Waals surface area (Å²) >= 11 is 0. The molecule has 0 aromatic carbocycles. The van der Waals surface area contributed by atoms with Crippen molar-refractivity contribution in [3.63, 3.8) is 0 Å². The smallest absolute Gasteiger partial charge is 0.108 e. The maximum absolute atomic E-state index is 6.26. The van der Waals surface area contributed by atoms with Crippen LogP contribution < -0.4 is 0 Å². The van der Waals surface area contributed by atoms with Gasteiger partial charge in [0.2, 0.25) is 0 Å². The van der Waals surface area contributed by atoms with Crippen LogP contribution in [0.1, 0.15) is 62.3 Å². The Balaban J connectivity index is 2.78. The molecule has 0 aliphatic carbocycles. The van der Waals surface area contributed by atoms with Gasteiger partial charge in [-0.25, -0.2) is 0 Å². The van der Waals surface area contributed by atoms with Gasteiger partial charge in [-0.15, -0.1) is 0 Å². The fourth-order valence-corrected chi connectivity index (χ4v) is 2.29. The van der Waals surface area contributed by atoms with E-state index < -0.39 is 0 Å². The Labute approximate surface area is 119 Å². The summed E-state index contributed by atoms with van der Waals surface area (Å²) in [6.07, 6.45) is 0.238. The van der Waals surface area contributed by atoms with E-state index in [0.717, 1.165) is 0 Å². The lowest BCUT2D eigenvalue weighted by atomic mass is 9.81. The Bertz CT molecular complexity index is 296. The minimum atomic E-state index is -0.171. The van der Waals surface area contributed by atoms with Crippen LogP contribution in [0.15, 0.2) is 0 Å². The third kappa shape index (κ3) is 4.73. The lowest BCUT2D eigenvalue weighted by Crippen LogP contribution is -2.44. The lowest BCUT2D eigenvalue weighted by Gasteiger charge is -2.36.